The lowest BCUT2D eigenvalue weighted by Gasteiger charge is -2.28. The number of benzene rings is 2. The number of nitrogens with zero attached hydrogens (tertiary/aromatic N) is 3. The smallest absolute Gasteiger partial charge is 0.410 e. The maximum absolute atomic E-state index is 14.0. The molecular formula is C25H27FN4O3. The van der Waals surface area contributed by atoms with Crippen molar-refractivity contribution in [2.75, 3.05) is 18.4 Å². The molecule has 2 aliphatic heterocycles. The van der Waals surface area contributed by atoms with E-state index in [1.54, 1.807) is 29.2 Å². The number of ether oxygens (including phenoxy) is 1. The summed E-state index contributed by atoms with van der Waals surface area (Å²) in [5.41, 5.74) is 2.56. The maximum Gasteiger partial charge on any atom is 0.410 e. The van der Waals surface area contributed by atoms with Crippen molar-refractivity contribution in [3.05, 3.63) is 65.0 Å². The van der Waals surface area contributed by atoms with Crippen LogP contribution in [0.2, 0.25) is 0 Å². The number of hydrogen-bond donors (Lipinski definition) is 1. The Morgan fingerprint density at radius 1 is 1.18 bits per heavy atom. The fourth-order valence-electron chi connectivity index (χ4n) is 4.32. The standard InChI is InChI=1S/C25H27FN4O3/c1-16(2)23(28-19-7-3-5-17(11-19)12-27)24(31)29-10-9-20(14-29)33-25(32)30-13-18-6-4-8-22(26)21(18)15-30/h3-8,11,16,20,23,28H,9-10,13-15H2,1-2H3/t20-,23+/m1/s1. The van der Waals surface area contributed by atoms with Crippen molar-refractivity contribution in [3.63, 3.8) is 0 Å². The normalized spacial score (nSPS) is 18.1. The number of amides is 2. The highest BCUT2D eigenvalue weighted by Gasteiger charge is 2.35. The van der Waals surface area contributed by atoms with Gasteiger partial charge in [0.15, 0.2) is 0 Å². The molecule has 8 heteroatoms. The second-order valence-electron chi connectivity index (χ2n) is 8.87. The summed E-state index contributed by atoms with van der Waals surface area (Å²) in [4.78, 5) is 29.1. The average molecular weight is 451 g/mol. The molecule has 4 rings (SSSR count). The van der Waals surface area contributed by atoms with Crippen molar-refractivity contribution in [1.29, 1.82) is 5.26 Å². The van der Waals surface area contributed by atoms with Crippen molar-refractivity contribution < 1.29 is 18.7 Å². The van der Waals surface area contributed by atoms with Gasteiger partial charge >= 0.3 is 6.09 Å². The molecule has 33 heavy (non-hydrogen) atoms. The van der Waals surface area contributed by atoms with Gasteiger partial charge in [-0.3, -0.25) is 9.69 Å². The largest absolute Gasteiger partial charge is 0.444 e. The third kappa shape index (κ3) is 4.92. The predicted molar refractivity (Wildman–Crippen MR) is 121 cm³/mol. The Morgan fingerprint density at radius 3 is 2.70 bits per heavy atom. The second kappa shape index (κ2) is 9.49. The van der Waals surface area contributed by atoms with Crippen molar-refractivity contribution in [2.24, 2.45) is 5.92 Å². The van der Waals surface area contributed by atoms with Crippen LogP contribution < -0.4 is 5.32 Å². The van der Waals surface area contributed by atoms with E-state index in [1.165, 1.54) is 11.0 Å². The second-order valence-corrected chi connectivity index (χ2v) is 8.87. The van der Waals surface area contributed by atoms with Gasteiger partial charge in [0.1, 0.15) is 18.0 Å². The molecule has 0 radical (unpaired) electrons. The number of carbonyl (C=O) groups is 2. The zero-order chi connectivity index (χ0) is 23.5. The van der Waals surface area contributed by atoms with E-state index in [4.69, 9.17) is 10.00 Å². The van der Waals surface area contributed by atoms with Crippen molar-refractivity contribution in [3.8, 4) is 6.07 Å². The van der Waals surface area contributed by atoms with Gasteiger partial charge in [0.25, 0.3) is 0 Å². The molecule has 1 N–H and O–H groups in total. The van der Waals surface area contributed by atoms with Gasteiger partial charge in [0, 0.05) is 30.8 Å². The minimum atomic E-state index is -0.489. The van der Waals surface area contributed by atoms with Gasteiger partial charge in [0.2, 0.25) is 5.91 Å². The van der Waals surface area contributed by atoms with E-state index >= 15 is 0 Å². The van der Waals surface area contributed by atoms with Crippen LogP contribution in [0.5, 0.6) is 0 Å². The molecule has 2 aromatic carbocycles. The molecular weight excluding hydrogens is 423 g/mol. The predicted octanol–water partition coefficient (Wildman–Crippen LogP) is 3.89. The minimum Gasteiger partial charge on any atom is -0.444 e. The number of nitriles is 1. The van der Waals surface area contributed by atoms with Crippen LogP contribution in [0.25, 0.3) is 0 Å². The lowest BCUT2D eigenvalue weighted by molar-refractivity contribution is -0.132. The third-order valence-electron chi connectivity index (χ3n) is 6.15. The topological polar surface area (TPSA) is 85.7 Å². The zero-order valence-electron chi connectivity index (χ0n) is 18.8. The van der Waals surface area contributed by atoms with Crippen LogP contribution in [0, 0.1) is 23.1 Å². The Labute approximate surface area is 192 Å². The van der Waals surface area contributed by atoms with Crippen LogP contribution >= 0.6 is 0 Å². The van der Waals surface area contributed by atoms with Crippen LogP contribution in [-0.2, 0) is 22.6 Å². The Balaban J connectivity index is 1.34. The summed E-state index contributed by atoms with van der Waals surface area (Å²) in [5, 5.41) is 12.4. The summed E-state index contributed by atoms with van der Waals surface area (Å²) in [6.45, 7) is 5.25. The van der Waals surface area contributed by atoms with E-state index in [0.717, 1.165) is 5.56 Å². The Morgan fingerprint density at radius 2 is 1.97 bits per heavy atom. The van der Waals surface area contributed by atoms with E-state index in [0.29, 0.717) is 42.9 Å². The average Bonchev–Trinajstić information content (AvgIpc) is 3.45. The maximum atomic E-state index is 14.0. The van der Waals surface area contributed by atoms with Gasteiger partial charge in [-0.1, -0.05) is 32.0 Å². The number of carbonyl (C=O) groups excluding carboxylic acids is 2. The van der Waals surface area contributed by atoms with Crippen molar-refractivity contribution in [1.82, 2.24) is 9.80 Å². The SMILES string of the molecule is CC(C)[C@H](Nc1cccc(C#N)c1)C(=O)N1CC[C@@H](OC(=O)N2Cc3cccc(F)c3C2)C1. The third-order valence-corrected chi connectivity index (χ3v) is 6.15. The van der Waals surface area contributed by atoms with Gasteiger partial charge in [-0.15, -0.1) is 0 Å². The summed E-state index contributed by atoms with van der Waals surface area (Å²) < 4.78 is 19.6. The molecule has 1 saturated heterocycles. The molecule has 0 spiro atoms. The molecule has 172 valence electrons. The van der Waals surface area contributed by atoms with Crippen LogP contribution in [0.4, 0.5) is 14.9 Å². The first-order valence-corrected chi connectivity index (χ1v) is 11.1. The Kier molecular flexibility index (Phi) is 6.50. The molecule has 0 aromatic heterocycles. The number of rotatable bonds is 5. The molecule has 0 aliphatic carbocycles. The summed E-state index contributed by atoms with van der Waals surface area (Å²) in [6, 6.07) is 13.5. The van der Waals surface area contributed by atoms with Crippen LogP contribution in [-0.4, -0.2) is 47.0 Å². The highest BCUT2D eigenvalue weighted by molar-refractivity contribution is 5.85. The van der Waals surface area contributed by atoms with Gasteiger partial charge in [-0.05, 0) is 35.7 Å². The number of hydrogen-bond acceptors (Lipinski definition) is 5. The van der Waals surface area contributed by atoms with E-state index < -0.39 is 18.2 Å². The molecule has 2 aliphatic rings. The molecule has 0 unspecified atom stereocenters. The van der Waals surface area contributed by atoms with Gasteiger partial charge in [-0.2, -0.15) is 5.26 Å². The Hall–Kier alpha value is -3.60. The number of anilines is 1. The van der Waals surface area contributed by atoms with Crippen LogP contribution in [0.3, 0.4) is 0 Å². The summed E-state index contributed by atoms with van der Waals surface area (Å²) >= 11 is 0. The van der Waals surface area contributed by atoms with Crippen LogP contribution in [0.15, 0.2) is 42.5 Å². The van der Waals surface area contributed by atoms with Gasteiger partial charge in [-0.25, -0.2) is 9.18 Å². The molecule has 2 aromatic rings. The van der Waals surface area contributed by atoms with E-state index in [-0.39, 0.29) is 24.2 Å². The lowest BCUT2D eigenvalue weighted by Crippen LogP contribution is -2.45. The van der Waals surface area contributed by atoms with Gasteiger partial charge in [0.05, 0.1) is 24.7 Å². The van der Waals surface area contributed by atoms with Crippen LogP contribution in [0.1, 0.15) is 37.0 Å². The summed E-state index contributed by atoms with van der Waals surface area (Å²) in [6.07, 6.45) is -0.331. The molecule has 2 atom stereocenters. The van der Waals surface area contributed by atoms with Crippen molar-refractivity contribution in [2.45, 2.75) is 45.5 Å². The zero-order valence-corrected chi connectivity index (χ0v) is 18.8. The molecule has 0 saturated carbocycles. The minimum absolute atomic E-state index is 0.0165. The quantitative estimate of drug-likeness (QED) is 0.747. The Bertz CT molecular complexity index is 1100. The number of likely N-dealkylation sites (tertiary alicyclic amines) is 1. The fraction of sp³-hybridized carbons (Fsp3) is 0.400. The number of nitrogens with one attached hydrogen (secondary N) is 1. The first kappa shape index (κ1) is 22.6. The molecule has 2 heterocycles. The molecule has 7 nitrogen and oxygen atoms in total. The lowest BCUT2D eigenvalue weighted by atomic mass is 10.0. The molecule has 1 fully saturated rings. The van der Waals surface area contributed by atoms with Crippen molar-refractivity contribution >= 4 is 17.7 Å². The molecule has 2 amide bonds. The van der Waals surface area contributed by atoms with Gasteiger partial charge < -0.3 is 15.0 Å². The van der Waals surface area contributed by atoms with E-state index in [9.17, 15) is 14.0 Å². The first-order valence-electron chi connectivity index (χ1n) is 11.1. The molecule has 0 bridgehead atoms. The monoisotopic (exact) mass is 450 g/mol. The highest BCUT2D eigenvalue weighted by atomic mass is 19.1. The number of halogens is 1. The van der Waals surface area contributed by atoms with E-state index in [2.05, 4.69) is 11.4 Å². The van der Waals surface area contributed by atoms with E-state index in [1.807, 2.05) is 26.0 Å². The number of fused-ring (bicyclic) bond motifs is 1. The first-order chi connectivity index (χ1) is 15.9. The highest BCUT2D eigenvalue weighted by Crippen LogP contribution is 2.27. The summed E-state index contributed by atoms with van der Waals surface area (Å²) in [5.74, 6) is -0.364. The fourth-order valence-corrected chi connectivity index (χ4v) is 4.32. The summed E-state index contributed by atoms with van der Waals surface area (Å²) in [7, 11) is 0.